The highest BCUT2D eigenvalue weighted by molar-refractivity contribution is 6.31. The Morgan fingerprint density at radius 2 is 1.62 bits per heavy atom. The number of imide groups is 1. The molecule has 0 N–H and O–H groups in total. The van der Waals surface area contributed by atoms with Gasteiger partial charge in [-0.3, -0.25) is 14.4 Å². The molecule has 0 bridgehead atoms. The number of carbonyl (C=O) groups is 3. The lowest BCUT2D eigenvalue weighted by Crippen LogP contribution is -2.45. The van der Waals surface area contributed by atoms with Gasteiger partial charge in [-0.1, -0.05) is 53.5 Å². The summed E-state index contributed by atoms with van der Waals surface area (Å²) in [5.41, 5.74) is 0.733. The van der Waals surface area contributed by atoms with Crippen LogP contribution < -0.4 is 4.90 Å². The fourth-order valence-corrected chi connectivity index (χ4v) is 3.97. The zero-order chi connectivity index (χ0) is 22.8. The van der Waals surface area contributed by atoms with Crippen LogP contribution in [-0.4, -0.2) is 28.7 Å². The third kappa shape index (κ3) is 4.24. The second-order valence-electron chi connectivity index (χ2n) is 7.27. The summed E-state index contributed by atoms with van der Waals surface area (Å²) in [4.78, 5) is 41.6. The van der Waals surface area contributed by atoms with Gasteiger partial charge in [0.05, 0.1) is 17.7 Å². The maximum Gasteiger partial charge on any atom is 0.257 e. The van der Waals surface area contributed by atoms with Crippen molar-refractivity contribution in [3.8, 4) is 0 Å². The van der Waals surface area contributed by atoms with Gasteiger partial charge in [0.2, 0.25) is 5.91 Å². The number of carbonyl (C=O) groups excluding carboxylic acids is 3. The molecule has 1 aliphatic rings. The van der Waals surface area contributed by atoms with Crippen LogP contribution in [0.4, 0.5) is 10.1 Å². The summed E-state index contributed by atoms with van der Waals surface area (Å²) in [6.45, 7) is -0.0645. The van der Waals surface area contributed by atoms with Crippen LogP contribution in [0.5, 0.6) is 0 Å². The molecule has 3 aromatic rings. The topological polar surface area (TPSA) is 57.7 Å². The van der Waals surface area contributed by atoms with Crippen LogP contribution in [0.25, 0.3) is 0 Å². The summed E-state index contributed by atoms with van der Waals surface area (Å²) >= 11 is 12.2. The fourth-order valence-electron chi connectivity index (χ4n) is 3.64. The van der Waals surface area contributed by atoms with Gasteiger partial charge in [0, 0.05) is 16.6 Å². The highest BCUT2D eigenvalue weighted by Crippen LogP contribution is 2.30. The fraction of sp³-hybridized carbons (Fsp3) is 0.125. The largest absolute Gasteiger partial charge is 0.322 e. The quantitative estimate of drug-likeness (QED) is 0.487. The highest BCUT2D eigenvalue weighted by Gasteiger charge is 2.45. The number of halogens is 3. The monoisotopic (exact) mass is 470 g/mol. The molecule has 162 valence electrons. The molecule has 4 rings (SSSR count). The number of nitrogens with zero attached hydrogens (tertiary/aromatic N) is 2. The van der Waals surface area contributed by atoms with Gasteiger partial charge in [-0.2, -0.15) is 0 Å². The van der Waals surface area contributed by atoms with Gasteiger partial charge >= 0.3 is 0 Å². The number of hydrogen-bond donors (Lipinski definition) is 0. The van der Waals surface area contributed by atoms with Crippen LogP contribution in [-0.2, 0) is 16.1 Å². The van der Waals surface area contributed by atoms with Gasteiger partial charge in [0.15, 0.2) is 0 Å². The summed E-state index contributed by atoms with van der Waals surface area (Å²) < 4.78 is 14.4. The molecule has 0 radical (unpaired) electrons. The highest BCUT2D eigenvalue weighted by atomic mass is 35.5. The van der Waals surface area contributed by atoms with Gasteiger partial charge in [0.1, 0.15) is 11.9 Å². The molecule has 1 heterocycles. The molecular weight excluding hydrogens is 454 g/mol. The number of hydrogen-bond acceptors (Lipinski definition) is 3. The molecule has 32 heavy (non-hydrogen) atoms. The molecule has 8 heteroatoms. The molecular formula is C24H17Cl2FN2O3. The van der Waals surface area contributed by atoms with Crippen molar-refractivity contribution in [3.63, 3.8) is 0 Å². The Morgan fingerprint density at radius 1 is 0.969 bits per heavy atom. The van der Waals surface area contributed by atoms with Crippen molar-refractivity contribution in [2.24, 2.45) is 0 Å². The lowest BCUT2D eigenvalue weighted by molar-refractivity contribution is -0.122. The predicted molar refractivity (Wildman–Crippen MR) is 120 cm³/mol. The van der Waals surface area contributed by atoms with Crippen molar-refractivity contribution < 1.29 is 18.8 Å². The van der Waals surface area contributed by atoms with Crippen molar-refractivity contribution in [1.29, 1.82) is 0 Å². The van der Waals surface area contributed by atoms with Crippen molar-refractivity contribution in [2.45, 2.75) is 19.0 Å². The van der Waals surface area contributed by atoms with Crippen molar-refractivity contribution in [2.75, 3.05) is 4.90 Å². The molecule has 3 amide bonds. The summed E-state index contributed by atoms with van der Waals surface area (Å²) in [7, 11) is 0. The maximum atomic E-state index is 14.4. The normalized spacial score (nSPS) is 15.8. The van der Waals surface area contributed by atoms with Gasteiger partial charge in [-0.25, -0.2) is 9.29 Å². The van der Waals surface area contributed by atoms with Crippen molar-refractivity contribution >= 4 is 46.6 Å². The van der Waals surface area contributed by atoms with E-state index >= 15 is 0 Å². The molecule has 3 aromatic carbocycles. The summed E-state index contributed by atoms with van der Waals surface area (Å²) in [6.07, 6.45) is -0.230. The van der Waals surface area contributed by atoms with E-state index in [1.165, 1.54) is 29.2 Å². The summed E-state index contributed by atoms with van der Waals surface area (Å²) in [6, 6.07) is 17.5. The molecule has 1 aliphatic heterocycles. The molecule has 0 aromatic heterocycles. The molecule has 0 aliphatic carbocycles. The second-order valence-corrected chi connectivity index (χ2v) is 8.11. The van der Waals surface area contributed by atoms with Crippen LogP contribution >= 0.6 is 23.2 Å². The Morgan fingerprint density at radius 3 is 2.31 bits per heavy atom. The summed E-state index contributed by atoms with van der Waals surface area (Å²) in [5.74, 6) is -2.46. The zero-order valence-corrected chi connectivity index (χ0v) is 18.2. The van der Waals surface area contributed by atoms with E-state index in [1.54, 1.807) is 48.5 Å². The van der Waals surface area contributed by atoms with Gasteiger partial charge in [-0.15, -0.1) is 0 Å². The van der Waals surface area contributed by atoms with E-state index in [0.29, 0.717) is 21.3 Å². The smallest absolute Gasteiger partial charge is 0.257 e. The minimum atomic E-state index is -1.11. The lowest BCUT2D eigenvalue weighted by Gasteiger charge is -2.28. The lowest BCUT2D eigenvalue weighted by atomic mass is 10.1. The first kappa shape index (κ1) is 22.0. The number of anilines is 1. The zero-order valence-electron chi connectivity index (χ0n) is 16.7. The number of benzene rings is 3. The Labute approximate surface area is 194 Å². The first-order valence-electron chi connectivity index (χ1n) is 9.78. The van der Waals surface area contributed by atoms with Crippen LogP contribution in [0, 0.1) is 5.82 Å². The number of rotatable bonds is 5. The van der Waals surface area contributed by atoms with E-state index in [4.69, 9.17) is 23.2 Å². The first-order chi connectivity index (χ1) is 15.4. The minimum absolute atomic E-state index is 0.0645. The van der Waals surface area contributed by atoms with Crippen molar-refractivity contribution in [3.05, 3.63) is 99.8 Å². The SMILES string of the molecule is O=C1CC(N(Cc2ccccc2Cl)C(=O)c2ccccc2F)C(=O)N1c1ccc(Cl)cc1. The number of amides is 3. The minimum Gasteiger partial charge on any atom is -0.322 e. The third-order valence-electron chi connectivity index (χ3n) is 5.25. The Hall–Kier alpha value is -3.22. The van der Waals surface area contributed by atoms with Crippen LogP contribution in [0.2, 0.25) is 10.0 Å². The van der Waals surface area contributed by atoms with E-state index in [0.717, 1.165) is 4.90 Å². The van der Waals surface area contributed by atoms with E-state index in [9.17, 15) is 18.8 Å². The molecule has 0 spiro atoms. The van der Waals surface area contributed by atoms with E-state index in [-0.39, 0.29) is 18.5 Å². The van der Waals surface area contributed by atoms with Crippen LogP contribution in [0.3, 0.4) is 0 Å². The van der Waals surface area contributed by atoms with Gasteiger partial charge < -0.3 is 4.90 Å². The molecule has 1 atom stereocenters. The molecule has 1 saturated heterocycles. The van der Waals surface area contributed by atoms with E-state index in [2.05, 4.69) is 0 Å². The van der Waals surface area contributed by atoms with Crippen molar-refractivity contribution in [1.82, 2.24) is 4.90 Å². The van der Waals surface area contributed by atoms with Gasteiger partial charge in [0.25, 0.3) is 11.8 Å². The first-order valence-corrected chi connectivity index (χ1v) is 10.5. The van der Waals surface area contributed by atoms with E-state index < -0.39 is 29.6 Å². The van der Waals surface area contributed by atoms with E-state index in [1.807, 2.05) is 0 Å². The molecule has 0 saturated carbocycles. The Balaban J connectivity index is 1.72. The second kappa shape index (κ2) is 9.10. The van der Waals surface area contributed by atoms with Crippen LogP contribution in [0.1, 0.15) is 22.3 Å². The maximum absolute atomic E-state index is 14.4. The third-order valence-corrected chi connectivity index (χ3v) is 5.87. The molecule has 1 fully saturated rings. The Bertz CT molecular complexity index is 1200. The summed E-state index contributed by atoms with van der Waals surface area (Å²) in [5, 5.41) is 0.852. The molecule has 5 nitrogen and oxygen atoms in total. The molecule has 1 unspecified atom stereocenters. The average molecular weight is 471 g/mol. The average Bonchev–Trinajstić information content (AvgIpc) is 3.07. The van der Waals surface area contributed by atoms with Gasteiger partial charge in [-0.05, 0) is 48.0 Å². The Kier molecular flexibility index (Phi) is 6.26. The predicted octanol–water partition coefficient (Wildman–Crippen LogP) is 5.11. The van der Waals surface area contributed by atoms with Crippen LogP contribution in [0.15, 0.2) is 72.8 Å². The standard InChI is InChI=1S/C24H17Cl2FN2O3/c25-16-9-11-17(12-10-16)29-22(30)13-21(24(29)32)28(14-15-5-1-3-7-19(15)26)23(31)18-6-2-4-8-20(18)27/h1-12,21H,13-14H2.